The van der Waals surface area contributed by atoms with Gasteiger partial charge in [-0.05, 0) is 12.5 Å². The number of rotatable bonds is 3. The van der Waals surface area contributed by atoms with Crippen LogP contribution >= 0.6 is 0 Å². The van der Waals surface area contributed by atoms with Gasteiger partial charge in [-0.3, -0.25) is 0 Å². The molecule has 0 saturated carbocycles. The summed E-state index contributed by atoms with van der Waals surface area (Å²) in [6.45, 7) is 6.09. The van der Waals surface area contributed by atoms with Gasteiger partial charge in [-0.1, -0.05) is 48.8 Å². The van der Waals surface area contributed by atoms with E-state index in [1.807, 2.05) is 0 Å². The molecule has 0 saturated heterocycles. The van der Waals surface area contributed by atoms with Crippen molar-refractivity contribution in [2.75, 3.05) is 0 Å². The average molecular weight is 162 g/mol. The van der Waals surface area contributed by atoms with Crippen molar-refractivity contribution in [2.45, 2.75) is 19.4 Å². The molecule has 1 rings (SSSR count). The summed E-state index contributed by atoms with van der Waals surface area (Å²) in [6, 6.07) is 9.97. The number of benzene rings is 1. The monoisotopic (exact) mass is 162 g/mol. The minimum Gasteiger partial charge on any atom is -0.0657 e. The van der Waals surface area contributed by atoms with Crippen molar-refractivity contribution in [3.05, 3.63) is 36.8 Å². The molecule has 0 fully saturated rings. The molecule has 0 aliphatic rings. The quantitative estimate of drug-likeness (QED) is 0.594. The van der Waals surface area contributed by atoms with E-state index >= 15 is 0 Å². The second kappa shape index (κ2) is 4.34. The highest BCUT2D eigenvalue weighted by atomic mass is 28.2. The molecule has 11 heavy (non-hydrogen) atoms. The molecular weight excluding hydrogens is 148 g/mol. The summed E-state index contributed by atoms with van der Waals surface area (Å²) < 4.78 is 0. The highest BCUT2D eigenvalue weighted by Gasteiger charge is 1.91. The van der Waals surface area contributed by atoms with E-state index in [1.54, 1.807) is 0 Å². The molecule has 1 aromatic carbocycles. The van der Waals surface area contributed by atoms with E-state index in [0.29, 0.717) is 9.52 Å². The van der Waals surface area contributed by atoms with Crippen molar-refractivity contribution in [1.82, 2.24) is 0 Å². The third-order valence-corrected chi connectivity index (χ3v) is 3.37. The van der Waals surface area contributed by atoms with E-state index in [1.165, 1.54) is 17.7 Å². The standard InChI is InChI=1S/C10H14Si/c1-3-8-11-10-6-4-9(2)5-7-10/h4-7,11H,2-3,8H2,1H3. The third-order valence-electron chi connectivity index (χ3n) is 1.65. The first-order chi connectivity index (χ1) is 5.33. The van der Waals surface area contributed by atoms with Gasteiger partial charge in [-0.15, -0.1) is 0 Å². The lowest BCUT2D eigenvalue weighted by molar-refractivity contribution is 1.08. The predicted molar refractivity (Wildman–Crippen MR) is 52.8 cm³/mol. The molecule has 0 N–H and O–H groups in total. The topological polar surface area (TPSA) is 0 Å². The number of hydrogen-bond acceptors (Lipinski definition) is 0. The molecule has 58 valence electrons. The molecule has 1 heteroatoms. The van der Waals surface area contributed by atoms with Gasteiger partial charge in [-0.25, -0.2) is 0 Å². The van der Waals surface area contributed by atoms with E-state index in [9.17, 15) is 0 Å². The molecule has 0 aliphatic heterocycles. The predicted octanol–water partition coefficient (Wildman–Crippen LogP) is 1.76. The lowest BCUT2D eigenvalue weighted by Crippen LogP contribution is -2.12. The fourth-order valence-corrected chi connectivity index (χ4v) is 2.05. The molecule has 0 aromatic heterocycles. The maximum Gasteiger partial charge on any atom is 0.0667 e. The third kappa shape index (κ3) is 2.89. The zero-order valence-electron chi connectivity index (χ0n) is 7.01. The van der Waals surface area contributed by atoms with Gasteiger partial charge in [0.1, 0.15) is 0 Å². The van der Waals surface area contributed by atoms with E-state index in [-0.39, 0.29) is 0 Å². The Kier molecular flexibility index (Phi) is 3.37. The maximum absolute atomic E-state index is 3.85. The molecule has 0 atom stereocenters. The summed E-state index contributed by atoms with van der Waals surface area (Å²) in [7, 11) is 0.509. The van der Waals surface area contributed by atoms with E-state index < -0.39 is 0 Å². The van der Waals surface area contributed by atoms with E-state index in [2.05, 4.69) is 38.1 Å². The minimum absolute atomic E-state index is 0.509. The van der Waals surface area contributed by atoms with Gasteiger partial charge in [0.25, 0.3) is 0 Å². The molecule has 1 aromatic rings. The van der Waals surface area contributed by atoms with Gasteiger partial charge < -0.3 is 0 Å². The van der Waals surface area contributed by atoms with Crippen LogP contribution in [0.3, 0.4) is 0 Å². The highest BCUT2D eigenvalue weighted by molar-refractivity contribution is 6.53. The first-order valence-electron chi connectivity index (χ1n) is 4.08. The Morgan fingerprint density at radius 2 is 1.91 bits per heavy atom. The summed E-state index contributed by atoms with van der Waals surface area (Å²) in [5.41, 5.74) is 1.12. The average Bonchev–Trinajstić information content (AvgIpc) is 2.04. The highest BCUT2D eigenvalue weighted by Crippen LogP contribution is 1.93. The summed E-state index contributed by atoms with van der Waals surface area (Å²) in [6.07, 6.45) is 1.31. The SMILES string of the molecule is [CH2]c1ccc([SiH]CCC)cc1. The Bertz CT molecular complexity index is 201. The Morgan fingerprint density at radius 3 is 2.45 bits per heavy atom. The van der Waals surface area contributed by atoms with Crippen LogP contribution in [0.1, 0.15) is 18.9 Å². The molecule has 0 unspecified atom stereocenters. The Labute approximate surface area is 71.5 Å². The molecule has 0 nitrogen and oxygen atoms in total. The van der Waals surface area contributed by atoms with Gasteiger partial charge in [0.2, 0.25) is 0 Å². The van der Waals surface area contributed by atoms with Crippen LogP contribution in [0, 0.1) is 6.92 Å². The fraction of sp³-hybridized carbons (Fsp3) is 0.300. The summed E-state index contributed by atoms with van der Waals surface area (Å²) >= 11 is 0. The van der Waals surface area contributed by atoms with Crippen LogP contribution in [0.15, 0.2) is 24.3 Å². The summed E-state index contributed by atoms with van der Waals surface area (Å²) in [5.74, 6) is 0. The van der Waals surface area contributed by atoms with Crippen molar-refractivity contribution in [3.63, 3.8) is 0 Å². The first-order valence-corrected chi connectivity index (χ1v) is 5.47. The van der Waals surface area contributed by atoms with Gasteiger partial charge in [0, 0.05) is 0 Å². The van der Waals surface area contributed by atoms with Crippen LogP contribution in [-0.2, 0) is 0 Å². The Hall–Kier alpha value is -0.563. The molecule has 0 bridgehead atoms. The largest absolute Gasteiger partial charge is 0.0667 e. The van der Waals surface area contributed by atoms with Crippen LogP contribution in [-0.4, -0.2) is 9.52 Å². The van der Waals surface area contributed by atoms with Gasteiger partial charge in [0.05, 0.1) is 9.52 Å². The zero-order chi connectivity index (χ0) is 8.10. The van der Waals surface area contributed by atoms with Gasteiger partial charge in [-0.2, -0.15) is 0 Å². The molecule has 2 radical (unpaired) electrons. The van der Waals surface area contributed by atoms with Crippen LogP contribution < -0.4 is 5.19 Å². The molecule has 0 spiro atoms. The molecular formula is C10H14Si. The van der Waals surface area contributed by atoms with Gasteiger partial charge in [0.15, 0.2) is 0 Å². The second-order valence-corrected chi connectivity index (χ2v) is 4.39. The lowest BCUT2D eigenvalue weighted by Gasteiger charge is -1.98. The Balaban J connectivity index is 2.52. The van der Waals surface area contributed by atoms with Crippen LogP contribution in [0.25, 0.3) is 0 Å². The summed E-state index contributed by atoms with van der Waals surface area (Å²) in [5, 5.41) is 1.51. The molecule has 0 amide bonds. The van der Waals surface area contributed by atoms with E-state index in [0.717, 1.165) is 5.56 Å². The smallest absolute Gasteiger partial charge is 0.0657 e. The first kappa shape index (κ1) is 8.53. The second-order valence-electron chi connectivity index (χ2n) is 2.73. The maximum atomic E-state index is 3.85. The fourth-order valence-electron chi connectivity index (χ4n) is 0.965. The van der Waals surface area contributed by atoms with Crippen LogP contribution in [0.5, 0.6) is 0 Å². The Morgan fingerprint density at radius 1 is 1.27 bits per heavy atom. The summed E-state index contributed by atoms with van der Waals surface area (Å²) in [4.78, 5) is 0. The van der Waals surface area contributed by atoms with Crippen molar-refractivity contribution in [2.24, 2.45) is 0 Å². The van der Waals surface area contributed by atoms with Crippen molar-refractivity contribution < 1.29 is 0 Å². The van der Waals surface area contributed by atoms with Crippen molar-refractivity contribution in [1.29, 1.82) is 0 Å². The van der Waals surface area contributed by atoms with Crippen LogP contribution in [0.2, 0.25) is 6.04 Å². The minimum atomic E-state index is 0.509. The zero-order valence-corrected chi connectivity index (χ0v) is 8.16. The lowest BCUT2D eigenvalue weighted by atomic mass is 10.2. The molecule has 0 heterocycles. The normalized spacial score (nSPS) is 10.0. The van der Waals surface area contributed by atoms with E-state index in [4.69, 9.17) is 0 Å². The molecule has 0 aliphatic carbocycles. The van der Waals surface area contributed by atoms with Crippen molar-refractivity contribution in [3.8, 4) is 0 Å². The van der Waals surface area contributed by atoms with Crippen molar-refractivity contribution >= 4 is 14.7 Å². The van der Waals surface area contributed by atoms with Gasteiger partial charge >= 0.3 is 0 Å². The number of hydrogen-bond donors (Lipinski definition) is 0. The van der Waals surface area contributed by atoms with Crippen LogP contribution in [0.4, 0.5) is 0 Å².